The molecule has 1 aromatic heterocycles. The van der Waals surface area contributed by atoms with Gasteiger partial charge in [-0.15, -0.1) is 11.3 Å². The Balaban J connectivity index is 1.75. The molecule has 6 nitrogen and oxygen atoms in total. The lowest BCUT2D eigenvalue weighted by Crippen LogP contribution is -2.12. The normalized spacial score (nSPS) is 10.2. The second-order valence-electron chi connectivity index (χ2n) is 5.07. The van der Waals surface area contributed by atoms with Crippen molar-refractivity contribution in [2.24, 2.45) is 0 Å². The summed E-state index contributed by atoms with van der Waals surface area (Å²) >= 11 is 1.49. The third-order valence-corrected chi connectivity index (χ3v) is 4.14. The zero-order chi connectivity index (χ0) is 17.6. The Bertz CT molecular complexity index is 866. The molecule has 3 aromatic rings. The van der Waals surface area contributed by atoms with Crippen molar-refractivity contribution < 1.29 is 14.3 Å². The minimum absolute atomic E-state index is 0.213. The molecule has 0 spiro atoms. The Morgan fingerprint density at radius 1 is 1.04 bits per heavy atom. The van der Waals surface area contributed by atoms with Crippen LogP contribution in [-0.2, 0) is 0 Å². The molecule has 1 heterocycles. The molecule has 128 valence electrons. The van der Waals surface area contributed by atoms with Crippen molar-refractivity contribution in [1.82, 2.24) is 4.98 Å². The van der Waals surface area contributed by atoms with E-state index in [0.29, 0.717) is 22.7 Å². The number of hydrogen-bond donors (Lipinski definition) is 2. The van der Waals surface area contributed by atoms with Gasteiger partial charge in [-0.3, -0.25) is 4.79 Å². The molecule has 0 aliphatic heterocycles. The van der Waals surface area contributed by atoms with Crippen LogP contribution in [0.25, 0.3) is 0 Å². The van der Waals surface area contributed by atoms with Crippen LogP contribution in [0.15, 0.2) is 54.0 Å². The van der Waals surface area contributed by atoms with Gasteiger partial charge in [0.05, 0.1) is 14.2 Å². The smallest absolute Gasteiger partial charge is 0.255 e. The molecular formula is C18H17N3O3S. The summed E-state index contributed by atoms with van der Waals surface area (Å²) in [5, 5.41) is 8.68. The number of amides is 1. The third-order valence-electron chi connectivity index (χ3n) is 3.45. The minimum atomic E-state index is -0.213. The highest BCUT2D eigenvalue weighted by Crippen LogP contribution is 2.30. The molecule has 2 N–H and O–H groups in total. The first-order valence-electron chi connectivity index (χ1n) is 7.49. The molecule has 0 atom stereocenters. The Morgan fingerprint density at radius 3 is 2.60 bits per heavy atom. The molecule has 0 saturated heterocycles. The summed E-state index contributed by atoms with van der Waals surface area (Å²) in [6, 6.07) is 12.5. The number of carbonyl (C=O) groups excluding carboxylic acids is 1. The maximum atomic E-state index is 12.5. The average Bonchev–Trinajstić information content (AvgIpc) is 3.14. The topological polar surface area (TPSA) is 72.5 Å². The Hall–Kier alpha value is -3.06. The Labute approximate surface area is 149 Å². The van der Waals surface area contributed by atoms with E-state index in [4.69, 9.17) is 9.47 Å². The van der Waals surface area contributed by atoms with Gasteiger partial charge in [-0.25, -0.2) is 4.98 Å². The first-order chi connectivity index (χ1) is 12.2. The molecule has 0 bridgehead atoms. The van der Waals surface area contributed by atoms with Crippen molar-refractivity contribution in [3.8, 4) is 11.5 Å². The van der Waals surface area contributed by atoms with E-state index < -0.39 is 0 Å². The number of aromatic nitrogens is 1. The number of thiazole rings is 1. The molecule has 0 radical (unpaired) electrons. The molecule has 3 rings (SSSR count). The predicted octanol–water partition coefficient (Wildman–Crippen LogP) is 4.16. The highest BCUT2D eigenvalue weighted by atomic mass is 32.1. The lowest BCUT2D eigenvalue weighted by Gasteiger charge is -2.11. The van der Waals surface area contributed by atoms with Crippen LogP contribution in [0.5, 0.6) is 11.5 Å². The maximum Gasteiger partial charge on any atom is 0.255 e. The SMILES string of the molecule is COc1ccc(NC(=O)c2cccc(Nc3nccs3)c2)cc1OC. The Kier molecular flexibility index (Phi) is 5.15. The fourth-order valence-electron chi connectivity index (χ4n) is 2.26. The highest BCUT2D eigenvalue weighted by Gasteiger charge is 2.10. The largest absolute Gasteiger partial charge is 0.493 e. The maximum absolute atomic E-state index is 12.5. The fourth-order valence-corrected chi connectivity index (χ4v) is 2.81. The summed E-state index contributed by atoms with van der Waals surface area (Å²) in [5.74, 6) is 0.949. The fraction of sp³-hybridized carbons (Fsp3) is 0.111. The number of anilines is 3. The van der Waals surface area contributed by atoms with Crippen LogP contribution in [0.4, 0.5) is 16.5 Å². The van der Waals surface area contributed by atoms with Crippen LogP contribution < -0.4 is 20.1 Å². The number of nitrogens with zero attached hydrogens (tertiary/aromatic N) is 1. The van der Waals surface area contributed by atoms with Crippen molar-refractivity contribution in [3.63, 3.8) is 0 Å². The standard InChI is InChI=1S/C18H17N3O3S/c1-23-15-7-6-14(11-16(15)24-2)20-17(22)12-4-3-5-13(10-12)21-18-19-8-9-25-18/h3-11H,1-2H3,(H,19,21)(H,20,22). The van der Waals surface area contributed by atoms with Gasteiger partial charge in [-0.2, -0.15) is 0 Å². The molecule has 0 saturated carbocycles. The summed E-state index contributed by atoms with van der Waals surface area (Å²) in [6.07, 6.45) is 1.72. The predicted molar refractivity (Wildman–Crippen MR) is 99.3 cm³/mol. The second kappa shape index (κ2) is 7.67. The second-order valence-corrected chi connectivity index (χ2v) is 5.96. The van der Waals surface area contributed by atoms with Crippen LogP contribution in [0.3, 0.4) is 0 Å². The van der Waals surface area contributed by atoms with E-state index in [2.05, 4.69) is 15.6 Å². The van der Waals surface area contributed by atoms with Gasteiger partial charge >= 0.3 is 0 Å². The monoisotopic (exact) mass is 355 g/mol. The summed E-state index contributed by atoms with van der Waals surface area (Å²) in [4.78, 5) is 16.7. The number of nitrogens with one attached hydrogen (secondary N) is 2. The van der Waals surface area contributed by atoms with Gasteiger partial charge in [0.25, 0.3) is 5.91 Å². The summed E-state index contributed by atoms with van der Waals surface area (Å²) in [5.41, 5.74) is 1.96. The van der Waals surface area contributed by atoms with Gasteiger partial charge in [0.2, 0.25) is 0 Å². The molecule has 0 fully saturated rings. The lowest BCUT2D eigenvalue weighted by atomic mass is 10.2. The summed E-state index contributed by atoms with van der Waals surface area (Å²) < 4.78 is 10.4. The van der Waals surface area contributed by atoms with Crippen molar-refractivity contribution in [2.45, 2.75) is 0 Å². The number of rotatable bonds is 6. The average molecular weight is 355 g/mol. The number of benzene rings is 2. The van der Waals surface area contributed by atoms with E-state index in [9.17, 15) is 4.79 Å². The molecule has 1 amide bonds. The van der Waals surface area contributed by atoms with Gasteiger partial charge in [0, 0.05) is 34.6 Å². The van der Waals surface area contributed by atoms with E-state index in [1.165, 1.54) is 11.3 Å². The van der Waals surface area contributed by atoms with E-state index in [1.54, 1.807) is 50.7 Å². The van der Waals surface area contributed by atoms with Gasteiger partial charge in [0.1, 0.15) is 0 Å². The molecule has 0 aliphatic carbocycles. The highest BCUT2D eigenvalue weighted by molar-refractivity contribution is 7.13. The van der Waals surface area contributed by atoms with Crippen molar-refractivity contribution in [2.75, 3.05) is 24.9 Å². The number of methoxy groups -OCH3 is 2. The van der Waals surface area contributed by atoms with E-state index in [-0.39, 0.29) is 5.91 Å². The number of carbonyl (C=O) groups is 1. The van der Waals surface area contributed by atoms with Gasteiger partial charge in [0.15, 0.2) is 16.6 Å². The van der Waals surface area contributed by atoms with Crippen molar-refractivity contribution in [3.05, 3.63) is 59.6 Å². The van der Waals surface area contributed by atoms with Crippen molar-refractivity contribution in [1.29, 1.82) is 0 Å². The van der Waals surface area contributed by atoms with Crippen LogP contribution in [0, 0.1) is 0 Å². The summed E-state index contributed by atoms with van der Waals surface area (Å²) in [6.45, 7) is 0. The molecular weight excluding hydrogens is 338 g/mol. The van der Waals surface area contributed by atoms with Gasteiger partial charge in [-0.1, -0.05) is 6.07 Å². The van der Waals surface area contributed by atoms with E-state index >= 15 is 0 Å². The van der Waals surface area contributed by atoms with Gasteiger partial charge in [-0.05, 0) is 30.3 Å². The molecule has 0 aliphatic rings. The molecule has 7 heteroatoms. The molecule has 0 unspecified atom stereocenters. The molecule has 25 heavy (non-hydrogen) atoms. The Morgan fingerprint density at radius 2 is 1.88 bits per heavy atom. The number of hydrogen-bond acceptors (Lipinski definition) is 6. The first-order valence-corrected chi connectivity index (χ1v) is 8.37. The first kappa shape index (κ1) is 16.8. The zero-order valence-electron chi connectivity index (χ0n) is 13.8. The lowest BCUT2D eigenvalue weighted by molar-refractivity contribution is 0.102. The van der Waals surface area contributed by atoms with Gasteiger partial charge < -0.3 is 20.1 Å². The van der Waals surface area contributed by atoms with Crippen LogP contribution in [0.1, 0.15) is 10.4 Å². The van der Waals surface area contributed by atoms with Crippen LogP contribution in [0.2, 0.25) is 0 Å². The number of ether oxygens (including phenoxy) is 2. The summed E-state index contributed by atoms with van der Waals surface area (Å²) in [7, 11) is 3.12. The minimum Gasteiger partial charge on any atom is -0.493 e. The van der Waals surface area contributed by atoms with Crippen LogP contribution >= 0.6 is 11.3 Å². The molecule has 2 aromatic carbocycles. The van der Waals surface area contributed by atoms with Crippen molar-refractivity contribution >= 4 is 33.8 Å². The van der Waals surface area contributed by atoms with Crippen LogP contribution in [-0.4, -0.2) is 25.1 Å². The quantitative estimate of drug-likeness (QED) is 0.695. The third kappa shape index (κ3) is 4.07. The van der Waals surface area contributed by atoms with E-state index in [1.807, 2.05) is 17.5 Å². The van der Waals surface area contributed by atoms with E-state index in [0.717, 1.165) is 10.8 Å². The zero-order valence-corrected chi connectivity index (χ0v) is 14.6.